The Balaban J connectivity index is 2.01. The van der Waals surface area contributed by atoms with Gasteiger partial charge in [-0.15, -0.1) is 0 Å². The Bertz CT molecular complexity index is 462. The number of ether oxygens (including phenoxy) is 3. The number of halogens is 2. The summed E-state index contributed by atoms with van der Waals surface area (Å²) >= 11 is 0. The van der Waals surface area contributed by atoms with Crippen molar-refractivity contribution in [1.82, 2.24) is 5.32 Å². The molecule has 0 aliphatic carbocycles. The fourth-order valence-electron chi connectivity index (χ4n) is 2.52. The molecule has 0 amide bonds. The molecule has 118 valence electrons. The predicted octanol–water partition coefficient (Wildman–Crippen LogP) is 2.96. The van der Waals surface area contributed by atoms with Crippen LogP contribution in [0.4, 0.5) is 8.78 Å². The zero-order chi connectivity index (χ0) is 15.3. The number of alkyl halides is 2. The fraction of sp³-hybridized carbons (Fsp3) is 0.600. The highest BCUT2D eigenvalue weighted by Crippen LogP contribution is 2.32. The number of rotatable bonds is 7. The molecule has 1 unspecified atom stereocenters. The van der Waals surface area contributed by atoms with Crippen molar-refractivity contribution >= 4 is 0 Å². The molecule has 1 fully saturated rings. The molecule has 1 aromatic rings. The van der Waals surface area contributed by atoms with Crippen LogP contribution in [0.1, 0.15) is 25.3 Å². The van der Waals surface area contributed by atoms with Gasteiger partial charge in [-0.25, -0.2) is 0 Å². The van der Waals surface area contributed by atoms with E-state index in [2.05, 4.69) is 17.0 Å². The van der Waals surface area contributed by atoms with Crippen LogP contribution in [0.5, 0.6) is 11.5 Å². The van der Waals surface area contributed by atoms with Crippen LogP contribution in [-0.4, -0.2) is 32.5 Å². The van der Waals surface area contributed by atoms with Crippen LogP contribution in [0.25, 0.3) is 0 Å². The third-order valence-corrected chi connectivity index (χ3v) is 3.60. The highest BCUT2D eigenvalue weighted by Gasteiger charge is 2.29. The third kappa shape index (κ3) is 4.28. The van der Waals surface area contributed by atoms with E-state index in [4.69, 9.17) is 9.47 Å². The smallest absolute Gasteiger partial charge is 0.387 e. The van der Waals surface area contributed by atoms with Gasteiger partial charge in [-0.05, 0) is 25.8 Å². The summed E-state index contributed by atoms with van der Waals surface area (Å²) in [6, 6.07) is 5.09. The normalized spacial score (nSPS) is 21.8. The first-order chi connectivity index (χ1) is 10.0. The molecule has 0 radical (unpaired) electrons. The summed E-state index contributed by atoms with van der Waals surface area (Å²) in [5, 5.41) is 3.24. The van der Waals surface area contributed by atoms with Crippen LogP contribution in [0.15, 0.2) is 18.2 Å². The molecule has 1 heterocycles. The maximum Gasteiger partial charge on any atom is 0.387 e. The molecule has 21 heavy (non-hydrogen) atoms. The highest BCUT2D eigenvalue weighted by molar-refractivity contribution is 5.46. The number of para-hydroxylation sites is 1. The van der Waals surface area contributed by atoms with Gasteiger partial charge in [0.2, 0.25) is 0 Å². The number of hydrogen-bond donors (Lipinski definition) is 1. The van der Waals surface area contributed by atoms with Crippen molar-refractivity contribution in [2.75, 3.05) is 20.3 Å². The molecule has 1 atom stereocenters. The van der Waals surface area contributed by atoms with E-state index in [1.165, 1.54) is 7.11 Å². The zero-order valence-corrected chi connectivity index (χ0v) is 12.3. The molecule has 0 aromatic heterocycles. The van der Waals surface area contributed by atoms with Crippen LogP contribution in [0.3, 0.4) is 0 Å². The van der Waals surface area contributed by atoms with Crippen LogP contribution >= 0.6 is 0 Å². The van der Waals surface area contributed by atoms with Gasteiger partial charge in [0, 0.05) is 25.3 Å². The Hall–Kier alpha value is -1.40. The van der Waals surface area contributed by atoms with Crippen LogP contribution in [0.2, 0.25) is 0 Å². The SMILES string of the molecule is COc1cccc(CNCC2(C)CCCO2)c1OC(F)F. The Kier molecular flexibility index (Phi) is 5.36. The van der Waals surface area contributed by atoms with Gasteiger partial charge in [0.25, 0.3) is 0 Å². The Morgan fingerprint density at radius 2 is 2.24 bits per heavy atom. The highest BCUT2D eigenvalue weighted by atomic mass is 19.3. The van der Waals surface area contributed by atoms with Crippen molar-refractivity contribution in [1.29, 1.82) is 0 Å². The van der Waals surface area contributed by atoms with Crippen molar-refractivity contribution < 1.29 is 23.0 Å². The standard InChI is InChI=1S/C15H21F2NO3/c1-15(7-4-8-20-15)10-18-9-11-5-3-6-12(19-2)13(11)21-14(16)17/h3,5-6,14,18H,4,7-10H2,1-2H3. The molecule has 1 aliphatic rings. The second-order valence-corrected chi connectivity index (χ2v) is 5.33. The monoisotopic (exact) mass is 301 g/mol. The van der Waals surface area contributed by atoms with E-state index in [1.807, 2.05) is 0 Å². The number of benzene rings is 1. The van der Waals surface area contributed by atoms with Crippen LogP contribution < -0.4 is 14.8 Å². The fourth-order valence-corrected chi connectivity index (χ4v) is 2.52. The lowest BCUT2D eigenvalue weighted by Crippen LogP contribution is -2.36. The molecular formula is C15H21F2NO3. The summed E-state index contributed by atoms with van der Waals surface area (Å²) in [4.78, 5) is 0. The lowest BCUT2D eigenvalue weighted by atomic mass is 10.0. The van der Waals surface area contributed by atoms with Crippen molar-refractivity contribution in [3.8, 4) is 11.5 Å². The van der Waals surface area contributed by atoms with Gasteiger partial charge in [-0.3, -0.25) is 0 Å². The second-order valence-electron chi connectivity index (χ2n) is 5.33. The molecule has 4 nitrogen and oxygen atoms in total. The molecule has 0 saturated carbocycles. The average molecular weight is 301 g/mol. The van der Waals surface area contributed by atoms with E-state index < -0.39 is 6.61 Å². The topological polar surface area (TPSA) is 39.7 Å². The lowest BCUT2D eigenvalue weighted by Gasteiger charge is -2.24. The van der Waals surface area contributed by atoms with Crippen LogP contribution in [0, 0.1) is 0 Å². The minimum Gasteiger partial charge on any atom is -0.493 e. The molecule has 6 heteroatoms. The molecule has 1 aromatic carbocycles. The summed E-state index contributed by atoms with van der Waals surface area (Å²) in [5.41, 5.74) is 0.457. The molecule has 2 rings (SSSR count). The first kappa shape index (κ1) is 16.0. The second kappa shape index (κ2) is 7.04. The summed E-state index contributed by atoms with van der Waals surface area (Å²) in [6.45, 7) is 1.03. The van der Waals surface area contributed by atoms with Gasteiger partial charge < -0.3 is 19.5 Å². The van der Waals surface area contributed by atoms with Gasteiger partial charge in [-0.1, -0.05) is 12.1 Å². The van der Waals surface area contributed by atoms with Crippen LogP contribution in [-0.2, 0) is 11.3 Å². The number of nitrogens with one attached hydrogen (secondary N) is 1. The largest absolute Gasteiger partial charge is 0.493 e. The molecular weight excluding hydrogens is 280 g/mol. The van der Waals surface area contributed by atoms with Gasteiger partial charge in [0.15, 0.2) is 11.5 Å². The van der Waals surface area contributed by atoms with Gasteiger partial charge in [0.1, 0.15) is 0 Å². The van der Waals surface area contributed by atoms with Crippen molar-refractivity contribution in [2.24, 2.45) is 0 Å². The first-order valence-corrected chi connectivity index (χ1v) is 6.99. The van der Waals surface area contributed by atoms with Gasteiger partial charge in [0.05, 0.1) is 12.7 Å². The Labute approximate surface area is 123 Å². The molecule has 1 saturated heterocycles. The quantitative estimate of drug-likeness (QED) is 0.840. The molecule has 0 bridgehead atoms. The predicted molar refractivity (Wildman–Crippen MR) is 74.9 cm³/mol. The third-order valence-electron chi connectivity index (χ3n) is 3.60. The zero-order valence-electron chi connectivity index (χ0n) is 12.3. The first-order valence-electron chi connectivity index (χ1n) is 6.99. The molecule has 0 spiro atoms. The van der Waals surface area contributed by atoms with Gasteiger partial charge >= 0.3 is 6.61 Å². The van der Waals surface area contributed by atoms with E-state index in [9.17, 15) is 8.78 Å². The average Bonchev–Trinajstić information content (AvgIpc) is 2.87. The Morgan fingerprint density at radius 3 is 2.86 bits per heavy atom. The summed E-state index contributed by atoms with van der Waals surface area (Å²) in [6.07, 6.45) is 2.05. The Morgan fingerprint density at radius 1 is 1.43 bits per heavy atom. The van der Waals surface area contributed by atoms with Crippen molar-refractivity contribution in [3.05, 3.63) is 23.8 Å². The van der Waals surface area contributed by atoms with Gasteiger partial charge in [-0.2, -0.15) is 8.78 Å². The molecule has 1 aliphatic heterocycles. The van der Waals surface area contributed by atoms with Crippen molar-refractivity contribution in [3.63, 3.8) is 0 Å². The lowest BCUT2D eigenvalue weighted by molar-refractivity contribution is -0.0519. The summed E-state index contributed by atoms with van der Waals surface area (Å²) in [5.74, 6) is 0.387. The minimum atomic E-state index is -2.88. The maximum absolute atomic E-state index is 12.5. The minimum absolute atomic E-state index is 0.0833. The summed E-state index contributed by atoms with van der Waals surface area (Å²) in [7, 11) is 1.43. The summed E-state index contributed by atoms with van der Waals surface area (Å²) < 4.78 is 40.4. The number of methoxy groups -OCH3 is 1. The van der Waals surface area contributed by atoms with E-state index in [1.54, 1.807) is 18.2 Å². The molecule has 1 N–H and O–H groups in total. The van der Waals surface area contributed by atoms with E-state index in [0.29, 0.717) is 24.4 Å². The van der Waals surface area contributed by atoms with E-state index in [0.717, 1.165) is 19.4 Å². The van der Waals surface area contributed by atoms with E-state index >= 15 is 0 Å². The maximum atomic E-state index is 12.5. The van der Waals surface area contributed by atoms with Crippen molar-refractivity contribution in [2.45, 2.75) is 38.5 Å². The van der Waals surface area contributed by atoms with E-state index in [-0.39, 0.29) is 11.4 Å². The number of hydrogen-bond acceptors (Lipinski definition) is 4.